The standard InChI is InChI=1S/C18H34O4/c1-17(2,22-3)10-6-4-8-15(14-19)9-5-7-11-18(12-13-18)16(20)21/h15,19H,4-14H2,1-3H3,(H,20,21). The Labute approximate surface area is 135 Å². The van der Waals surface area contributed by atoms with E-state index in [1.54, 1.807) is 7.11 Å². The fraction of sp³-hybridized carbons (Fsp3) is 0.944. The summed E-state index contributed by atoms with van der Waals surface area (Å²) in [6.45, 7) is 4.46. The maximum Gasteiger partial charge on any atom is 0.309 e. The molecule has 2 N–H and O–H groups in total. The number of ether oxygens (including phenoxy) is 1. The highest BCUT2D eigenvalue weighted by atomic mass is 16.5. The number of aliphatic hydroxyl groups excluding tert-OH is 1. The average molecular weight is 314 g/mol. The van der Waals surface area contributed by atoms with E-state index in [4.69, 9.17) is 9.84 Å². The Morgan fingerprint density at radius 2 is 1.77 bits per heavy atom. The molecule has 1 unspecified atom stereocenters. The lowest BCUT2D eigenvalue weighted by Crippen LogP contribution is -2.22. The van der Waals surface area contributed by atoms with Crippen LogP contribution in [-0.2, 0) is 9.53 Å². The second-order valence-electron chi connectivity index (χ2n) is 7.59. The first-order chi connectivity index (χ1) is 10.4. The number of aliphatic hydroxyl groups is 1. The predicted molar refractivity (Wildman–Crippen MR) is 87.9 cm³/mol. The molecule has 0 spiro atoms. The lowest BCUT2D eigenvalue weighted by molar-refractivity contribution is -0.143. The van der Waals surface area contributed by atoms with Gasteiger partial charge < -0.3 is 14.9 Å². The van der Waals surface area contributed by atoms with Crippen LogP contribution >= 0.6 is 0 Å². The fourth-order valence-electron chi connectivity index (χ4n) is 3.03. The van der Waals surface area contributed by atoms with E-state index >= 15 is 0 Å². The van der Waals surface area contributed by atoms with Crippen LogP contribution in [0.3, 0.4) is 0 Å². The van der Waals surface area contributed by atoms with Crippen LogP contribution in [0.15, 0.2) is 0 Å². The Hall–Kier alpha value is -0.610. The van der Waals surface area contributed by atoms with Gasteiger partial charge in [0.05, 0.1) is 11.0 Å². The summed E-state index contributed by atoms with van der Waals surface area (Å²) in [5.41, 5.74) is -0.440. The van der Waals surface area contributed by atoms with Crippen LogP contribution in [0.5, 0.6) is 0 Å². The minimum Gasteiger partial charge on any atom is -0.481 e. The van der Waals surface area contributed by atoms with E-state index in [1.807, 2.05) is 0 Å². The lowest BCUT2D eigenvalue weighted by atomic mass is 9.92. The maximum atomic E-state index is 11.1. The van der Waals surface area contributed by atoms with Crippen molar-refractivity contribution in [2.75, 3.05) is 13.7 Å². The third-order valence-electron chi connectivity index (χ3n) is 5.28. The molecule has 4 heteroatoms. The SMILES string of the molecule is COC(C)(C)CCCCC(CO)CCCCC1(C(=O)O)CC1. The molecule has 22 heavy (non-hydrogen) atoms. The Morgan fingerprint density at radius 1 is 1.18 bits per heavy atom. The molecule has 1 rings (SSSR count). The van der Waals surface area contributed by atoms with E-state index in [0.717, 1.165) is 64.2 Å². The Balaban J connectivity index is 2.08. The molecule has 0 aliphatic heterocycles. The van der Waals surface area contributed by atoms with Crippen molar-refractivity contribution in [3.8, 4) is 0 Å². The number of methoxy groups -OCH3 is 1. The lowest BCUT2D eigenvalue weighted by Gasteiger charge is -2.23. The smallest absolute Gasteiger partial charge is 0.309 e. The summed E-state index contributed by atoms with van der Waals surface area (Å²) < 4.78 is 5.41. The van der Waals surface area contributed by atoms with Gasteiger partial charge in [0.2, 0.25) is 0 Å². The van der Waals surface area contributed by atoms with Gasteiger partial charge in [-0.25, -0.2) is 0 Å². The molecule has 130 valence electrons. The third kappa shape index (κ3) is 6.66. The van der Waals surface area contributed by atoms with Gasteiger partial charge in [-0.1, -0.05) is 25.7 Å². The average Bonchev–Trinajstić information content (AvgIpc) is 3.27. The molecule has 1 aliphatic rings. The highest BCUT2D eigenvalue weighted by Gasteiger charge is 2.49. The number of carboxylic acids is 1. The Kier molecular flexibility index (Phi) is 7.84. The zero-order valence-corrected chi connectivity index (χ0v) is 14.6. The van der Waals surface area contributed by atoms with Crippen molar-refractivity contribution >= 4 is 5.97 Å². The zero-order valence-electron chi connectivity index (χ0n) is 14.6. The van der Waals surface area contributed by atoms with E-state index in [-0.39, 0.29) is 17.6 Å². The van der Waals surface area contributed by atoms with Gasteiger partial charge in [-0.3, -0.25) is 4.79 Å². The zero-order chi connectivity index (χ0) is 16.6. The van der Waals surface area contributed by atoms with Crippen LogP contribution in [0.1, 0.15) is 78.1 Å². The van der Waals surface area contributed by atoms with Crippen molar-refractivity contribution < 1.29 is 19.7 Å². The van der Waals surface area contributed by atoms with E-state index in [1.165, 1.54) is 0 Å². The van der Waals surface area contributed by atoms with Gasteiger partial charge in [0.1, 0.15) is 0 Å². The minimum absolute atomic E-state index is 0.0515. The Morgan fingerprint density at radius 3 is 2.23 bits per heavy atom. The molecule has 0 amide bonds. The quantitative estimate of drug-likeness (QED) is 0.504. The second-order valence-corrected chi connectivity index (χ2v) is 7.59. The summed E-state index contributed by atoms with van der Waals surface area (Å²) in [7, 11) is 1.75. The molecule has 4 nitrogen and oxygen atoms in total. The van der Waals surface area contributed by atoms with Crippen LogP contribution < -0.4 is 0 Å². The summed E-state index contributed by atoms with van der Waals surface area (Å²) in [6, 6.07) is 0. The predicted octanol–water partition coefficient (Wildman–Crippen LogP) is 4.01. The molecule has 0 aromatic heterocycles. The van der Waals surface area contributed by atoms with Gasteiger partial charge in [0.25, 0.3) is 0 Å². The van der Waals surface area contributed by atoms with Gasteiger partial charge >= 0.3 is 5.97 Å². The molecular weight excluding hydrogens is 280 g/mol. The molecule has 1 saturated carbocycles. The summed E-state index contributed by atoms with van der Waals surface area (Å²) in [6.07, 6.45) is 9.87. The molecule has 0 heterocycles. The first-order valence-electron chi connectivity index (χ1n) is 8.75. The van der Waals surface area contributed by atoms with E-state index in [0.29, 0.717) is 5.92 Å². The van der Waals surface area contributed by atoms with Crippen LogP contribution in [0.4, 0.5) is 0 Å². The molecular formula is C18H34O4. The molecule has 0 saturated heterocycles. The van der Waals surface area contributed by atoms with Crippen LogP contribution in [0, 0.1) is 11.3 Å². The largest absolute Gasteiger partial charge is 0.481 e. The van der Waals surface area contributed by atoms with Gasteiger partial charge in [0, 0.05) is 13.7 Å². The van der Waals surface area contributed by atoms with Crippen molar-refractivity contribution in [1.29, 1.82) is 0 Å². The number of carbonyl (C=O) groups is 1. The van der Waals surface area contributed by atoms with E-state index in [2.05, 4.69) is 13.8 Å². The fourth-order valence-corrected chi connectivity index (χ4v) is 3.03. The monoisotopic (exact) mass is 314 g/mol. The van der Waals surface area contributed by atoms with E-state index in [9.17, 15) is 9.90 Å². The second kappa shape index (κ2) is 8.88. The number of hydrogen-bond donors (Lipinski definition) is 2. The van der Waals surface area contributed by atoms with Gasteiger partial charge in [-0.2, -0.15) is 0 Å². The summed E-state index contributed by atoms with van der Waals surface area (Å²) in [4.78, 5) is 11.1. The highest BCUT2D eigenvalue weighted by Crippen LogP contribution is 2.50. The van der Waals surface area contributed by atoms with Crippen LogP contribution in [0.2, 0.25) is 0 Å². The van der Waals surface area contributed by atoms with Crippen molar-refractivity contribution in [2.24, 2.45) is 11.3 Å². The Bertz CT molecular complexity index is 334. The molecule has 1 atom stereocenters. The maximum absolute atomic E-state index is 11.1. The summed E-state index contributed by atoms with van der Waals surface area (Å²) in [5.74, 6) is -0.252. The summed E-state index contributed by atoms with van der Waals surface area (Å²) in [5, 5.41) is 18.6. The van der Waals surface area contributed by atoms with Crippen LogP contribution in [-0.4, -0.2) is 35.5 Å². The third-order valence-corrected chi connectivity index (χ3v) is 5.28. The number of unbranched alkanes of at least 4 members (excludes halogenated alkanes) is 2. The van der Waals surface area contributed by atoms with E-state index < -0.39 is 5.97 Å². The highest BCUT2D eigenvalue weighted by molar-refractivity contribution is 5.77. The molecule has 0 radical (unpaired) electrons. The first-order valence-corrected chi connectivity index (χ1v) is 8.75. The van der Waals surface area contributed by atoms with Crippen molar-refractivity contribution in [3.63, 3.8) is 0 Å². The van der Waals surface area contributed by atoms with Gasteiger partial charge in [-0.15, -0.1) is 0 Å². The molecule has 0 aromatic rings. The van der Waals surface area contributed by atoms with Gasteiger partial charge in [0.15, 0.2) is 0 Å². The van der Waals surface area contributed by atoms with Crippen LogP contribution in [0.25, 0.3) is 0 Å². The van der Waals surface area contributed by atoms with Crippen molar-refractivity contribution in [1.82, 2.24) is 0 Å². The normalized spacial score (nSPS) is 18.2. The summed E-state index contributed by atoms with van der Waals surface area (Å²) >= 11 is 0. The van der Waals surface area contributed by atoms with Gasteiger partial charge in [-0.05, 0) is 58.3 Å². The molecule has 0 aromatic carbocycles. The number of carboxylic acid groups (broad SMARTS) is 1. The first kappa shape index (κ1) is 19.4. The topological polar surface area (TPSA) is 66.8 Å². The number of rotatable bonds is 13. The molecule has 0 bridgehead atoms. The van der Waals surface area contributed by atoms with Crippen molar-refractivity contribution in [2.45, 2.75) is 83.7 Å². The minimum atomic E-state index is -0.619. The number of aliphatic carboxylic acids is 1. The molecule has 1 aliphatic carbocycles. The number of hydrogen-bond acceptors (Lipinski definition) is 3. The van der Waals surface area contributed by atoms with Crippen molar-refractivity contribution in [3.05, 3.63) is 0 Å². The molecule has 1 fully saturated rings.